The zero-order valence-electron chi connectivity index (χ0n) is 24.7. The molecule has 1 saturated heterocycles. The highest BCUT2D eigenvalue weighted by molar-refractivity contribution is 8.03. The Kier molecular flexibility index (Phi) is 18.8. The van der Waals surface area contributed by atoms with E-state index in [1.807, 2.05) is 37.5 Å². The van der Waals surface area contributed by atoms with E-state index in [4.69, 9.17) is 10.8 Å². The third-order valence-electron chi connectivity index (χ3n) is 5.78. The average molecular weight is 602 g/mol. The van der Waals surface area contributed by atoms with Gasteiger partial charge in [0.05, 0.1) is 30.1 Å². The van der Waals surface area contributed by atoms with Crippen LogP contribution in [0.2, 0.25) is 0 Å². The molecule has 0 atom stereocenters. The van der Waals surface area contributed by atoms with Crippen molar-refractivity contribution in [3.8, 4) is 0 Å². The predicted octanol–water partition coefficient (Wildman–Crippen LogP) is 4.60. The maximum Gasteiger partial charge on any atom is 0.416 e. The van der Waals surface area contributed by atoms with Crippen molar-refractivity contribution in [2.24, 2.45) is 11.5 Å². The summed E-state index contributed by atoms with van der Waals surface area (Å²) in [6.07, 6.45) is -0.159. The lowest BCUT2D eigenvalue weighted by Crippen LogP contribution is -2.49. The fourth-order valence-electron chi connectivity index (χ4n) is 3.98. The maximum absolute atomic E-state index is 13.3. The molecular formula is C29H46F3N5O3S. The summed E-state index contributed by atoms with van der Waals surface area (Å²) >= 11 is 1.41. The highest BCUT2D eigenvalue weighted by atomic mass is 32.2. The van der Waals surface area contributed by atoms with Gasteiger partial charge in [0.25, 0.3) is 0 Å². The number of thioether (sulfide) groups is 1. The molecule has 41 heavy (non-hydrogen) atoms. The molecule has 0 spiro atoms. The summed E-state index contributed by atoms with van der Waals surface area (Å²) in [5, 5.41) is 7.94. The lowest BCUT2D eigenvalue weighted by Gasteiger charge is -2.36. The largest absolute Gasteiger partial charge is 0.416 e. The van der Waals surface area contributed by atoms with E-state index in [-0.39, 0.29) is 25.5 Å². The molecule has 0 bridgehead atoms. The quantitative estimate of drug-likeness (QED) is 0.359. The van der Waals surface area contributed by atoms with E-state index < -0.39 is 17.6 Å². The minimum atomic E-state index is -4.40. The van der Waals surface area contributed by atoms with E-state index in [0.29, 0.717) is 12.2 Å². The number of primary amides is 2. The van der Waals surface area contributed by atoms with Crippen molar-refractivity contribution in [3.63, 3.8) is 0 Å². The molecular weight excluding hydrogens is 555 g/mol. The van der Waals surface area contributed by atoms with Crippen LogP contribution in [0.25, 0.3) is 0 Å². The van der Waals surface area contributed by atoms with E-state index in [0.717, 1.165) is 60.7 Å². The molecule has 2 heterocycles. The van der Waals surface area contributed by atoms with Gasteiger partial charge in [0.1, 0.15) is 0 Å². The number of alkyl halides is 3. The van der Waals surface area contributed by atoms with E-state index in [1.54, 1.807) is 12.2 Å². The van der Waals surface area contributed by atoms with Gasteiger partial charge in [-0.3, -0.25) is 14.5 Å². The number of nitrogens with two attached hydrogens (primary N) is 2. The van der Waals surface area contributed by atoms with Gasteiger partial charge in [-0.1, -0.05) is 58.7 Å². The summed E-state index contributed by atoms with van der Waals surface area (Å²) in [6, 6.07) is 3.86. The summed E-state index contributed by atoms with van der Waals surface area (Å²) in [6.45, 7) is 20.5. The third kappa shape index (κ3) is 13.2. The summed E-state index contributed by atoms with van der Waals surface area (Å²) in [5.74, 6) is -0.785. The van der Waals surface area contributed by atoms with Crippen LogP contribution in [-0.4, -0.2) is 79.1 Å². The lowest BCUT2D eigenvalue weighted by atomic mass is 10.1. The molecule has 0 radical (unpaired) electrons. The molecule has 232 valence electrons. The Balaban J connectivity index is 0.00000140. The van der Waals surface area contributed by atoms with Crippen molar-refractivity contribution in [1.82, 2.24) is 9.80 Å². The Morgan fingerprint density at radius 1 is 0.976 bits per heavy atom. The summed E-state index contributed by atoms with van der Waals surface area (Å²) in [5.41, 5.74) is 10.5. The average Bonchev–Trinajstić information content (AvgIpc) is 2.95. The smallest absolute Gasteiger partial charge is 0.396 e. The maximum atomic E-state index is 13.3. The molecule has 0 saturated carbocycles. The SMILES string of the molecule is C=CC1=C(C=C)N(CCCN2CCN(CC(N)=O)CC2)c2cc(C(F)(F)F)ccc2S1.CC.CC.NC(=O)CCO. The number of rotatable bonds is 10. The number of halogens is 3. The number of hydrogen-bond acceptors (Lipinski definition) is 7. The zero-order valence-corrected chi connectivity index (χ0v) is 25.5. The number of piperazine rings is 1. The summed E-state index contributed by atoms with van der Waals surface area (Å²) < 4.78 is 39.9. The number of benzene rings is 1. The second-order valence-corrected chi connectivity index (χ2v) is 9.55. The van der Waals surface area contributed by atoms with Crippen LogP contribution in [0, 0.1) is 0 Å². The predicted molar refractivity (Wildman–Crippen MR) is 162 cm³/mol. The number of aliphatic hydroxyl groups excluding tert-OH is 1. The number of anilines is 1. The molecule has 2 aliphatic heterocycles. The Morgan fingerprint density at radius 2 is 1.56 bits per heavy atom. The van der Waals surface area contributed by atoms with Crippen LogP contribution in [0.15, 0.2) is 59.0 Å². The van der Waals surface area contributed by atoms with Gasteiger partial charge in [0.15, 0.2) is 0 Å². The van der Waals surface area contributed by atoms with Crippen LogP contribution in [0.3, 0.4) is 0 Å². The fraction of sp³-hybridized carbons (Fsp3) is 0.517. The van der Waals surface area contributed by atoms with Crippen molar-refractivity contribution in [2.75, 3.05) is 57.3 Å². The van der Waals surface area contributed by atoms with Crippen LogP contribution in [0.5, 0.6) is 0 Å². The number of allylic oxidation sites excluding steroid dienone is 2. The molecule has 0 aliphatic carbocycles. The molecule has 3 rings (SSSR count). The third-order valence-corrected chi connectivity index (χ3v) is 6.94. The molecule has 2 aliphatic rings. The first kappa shape index (κ1) is 38.2. The van der Waals surface area contributed by atoms with Gasteiger partial charge in [-0.25, -0.2) is 0 Å². The van der Waals surface area contributed by atoms with Gasteiger partial charge >= 0.3 is 6.18 Å². The number of fused-ring (bicyclic) bond motifs is 1. The molecule has 0 unspecified atom stereocenters. The molecule has 8 nitrogen and oxygen atoms in total. The van der Waals surface area contributed by atoms with Crippen LogP contribution < -0.4 is 16.4 Å². The fourth-order valence-corrected chi connectivity index (χ4v) is 5.00. The monoisotopic (exact) mass is 601 g/mol. The van der Waals surface area contributed by atoms with Gasteiger partial charge in [-0.2, -0.15) is 13.2 Å². The number of carbonyl (C=O) groups is 2. The zero-order chi connectivity index (χ0) is 31.6. The van der Waals surface area contributed by atoms with Crippen molar-refractivity contribution in [2.45, 2.75) is 51.6 Å². The van der Waals surface area contributed by atoms with Gasteiger partial charge in [-0.15, -0.1) is 0 Å². The molecule has 2 amide bonds. The van der Waals surface area contributed by atoms with E-state index >= 15 is 0 Å². The Morgan fingerprint density at radius 3 is 2.00 bits per heavy atom. The number of carbonyl (C=O) groups excluding carboxylic acids is 2. The van der Waals surface area contributed by atoms with Crippen LogP contribution >= 0.6 is 11.8 Å². The highest BCUT2D eigenvalue weighted by Crippen LogP contribution is 2.46. The molecule has 5 N–H and O–H groups in total. The Labute approximate surface area is 246 Å². The molecule has 1 aromatic carbocycles. The van der Waals surface area contributed by atoms with E-state index in [2.05, 4.69) is 23.8 Å². The van der Waals surface area contributed by atoms with Gasteiger partial charge in [-0.05, 0) is 37.2 Å². The molecule has 0 aromatic heterocycles. The number of amides is 2. The minimum Gasteiger partial charge on any atom is -0.396 e. The number of nitrogens with zero attached hydrogens (tertiary/aromatic N) is 3. The van der Waals surface area contributed by atoms with Crippen molar-refractivity contribution in [1.29, 1.82) is 0 Å². The summed E-state index contributed by atoms with van der Waals surface area (Å²) in [7, 11) is 0. The Hall–Kier alpha value is -2.80. The van der Waals surface area contributed by atoms with Gasteiger partial charge in [0.2, 0.25) is 11.8 Å². The van der Waals surface area contributed by atoms with Crippen LogP contribution in [0.1, 0.15) is 46.1 Å². The van der Waals surface area contributed by atoms with E-state index in [9.17, 15) is 22.8 Å². The second kappa shape index (κ2) is 20.1. The number of hydrogen-bond donors (Lipinski definition) is 3. The first-order valence-corrected chi connectivity index (χ1v) is 14.6. The van der Waals surface area contributed by atoms with Crippen molar-refractivity contribution >= 4 is 29.3 Å². The Bertz CT molecular complexity index is 1010. The van der Waals surface area contributed by atoms with Gasteiger partial charge in [0, 0.05) is 48.9 Å². The highest BCUT2D eigenvalue weighted by Gasteiger charge is 2.33. The molecule has 1 aromatic rings. The molecule has 1 fully saturated rings. The first-order valence-electron chi connectivity index (χ1n) is 13.8. The van der Waals surface area contributed by atoms with E-state index in [1.165, 1.54) is 23.9 Å². The van der Waals surface area contributed by atoms with Crippen LogP contribution in [0.4, 0.5) is 18.9 Å². The normalized spacial score (nSPS) is 15.2. The lowest BCUT2D eigenvalue weighted by molar-refractivity contribution is -0.137. The van der Waals surface area contributed by atoms with Crippen molar-refractivity contribution < 1.29 is 27.9 Å². The minimum absolute atomic E-state index is 0.0694. The molecule has 12 heteroatoms. The number of aliphatic hydroxyl groups is 1. The first-order chi connectivity index (χ1) is 19.5. The van der Waals surface area contributed by atoms with Crippen molar-refractivity contribution in [3.05, 3.63) is 59.7 Å². The second-order valence-electron chi connectivity index (χ2n) is 8.47. The summed E-state index contributed by atoms with van der Waals surface area (Å²) in [4.78, 5) is 28.6. The van der Waals surface area contributed by atoms with Gasteiger partial charge < -0.3 is 26.4 Å². The van der Waals surface area contributed by atoms with Crippen LogP contribution in [-0.2, 0) is 15.8 Å². The standard InChI is InChI=1S/C22H27F3N4OS.C3H7NO2.2C2H6/c1-3-17-19(4-2)31-20-7-6-16(22(23,24)25)14-18(20)29(17)9-5-8-27-10-12-28(13-11-27)15-21(26)30;4-3(6)1-2-5;2*1-2/h3-4,6-7,14H,1-2,5,8-13,15H2,(H2,26,30);5H,1-2H2,(H2,4,6);2*1-2H3. The topological polar surface area (TPSA) is 116 Å².